The molecule has 1 aliphatic rings. The van der Waals surface area contributed by atoms with Crippen molar-refractivity contribution in [1.29, 1.82) is 0 Å². The fourth-order valence-corrected chi connectivity index (χ4v) is 2.64. The quantitative estimate of drug-likeness (QED) is 0.609. The molecule has 0 bridgehead atoms. The van der Waals surface area contributed by atoms with Gasteiger partial charge in [0.25, 0.3) is 5.91 Å². The van der Waals surface area contributed by atoms with E-state index >= 15 is 0 Å². The van der Waals surface area contributed by atoms with Crippen molar-refractivity contribution in [1.82, 2.24) is 0 Å². The van der Waals surface area contributed by atoms with Gasteiger partial charge in [-0.25, -0.2) is 0 Å². The number of halogens is 2. The molecule has 0 unspecified atom stereocenters. The standard InChI is InChI=1S/C12H12BrFN2O4/c1-12(2)6-20-5-10(17)15(12)9-4-7(13)3-8(14)11(9)16(18)19/h3-4H,5-6H2,1-2H3. The highest BCUT2D eigenvalue weighted by molar-refractivity contribution is 9.10. The van der Waals surface area contributed by atoms with Crippen molar-refractivity contribution in [2.75, 3.05) is 18.1 Å². The van der Waals surface area contributed by atoms with E-state index in [0.717, 1.165) is 6.07 Å². The Balaban J connectivity index is 2.66. The van der Waals surface area contributed by atoms with Gasteiger partial charge in [0.2, 0.25) is 5.82 Å². The van der Waals surface area contributed by atoms with E-state index in [1.54, 1.807) is 13.8 Å². The van der Waals surface area contributed by atoms with Crippen molar-refractivity contribution >= 4 is 33.2 Å². The molecule has 20 heavy (non-hydrogen) atoms. The van der Waals surface area contributed by atoms with Gasteiger partial charge in [0.05, 0.1) is 17.1 Å². The average Bonchev–Trinajstić information content (AvgIpc) is 2.25. The van der Waals surface area contributed by atoms with Gasteiger partial charge in [-0.3, -0.25) is 19.8 Å². The van der Waals surface area contributed by atoms with Crippen LogP contribution in [0.15, 0.2) is 16.6 Å². The van der Waals surface area contributed by atoms with Crippen LogP contribution < -0.4 is 4.90 Å². The monoisotopic (exact) mass is 346 g/mol. The second-order valence-electron chi connectivity index (χ2n) is 5.05. The highest BCUT2D eigenvalue weighted by Gasteiger charge is 2.41. The molecule has 8 heteroatoms. The summed E-state index contributed by atoms with van der Waals surface area (Å²) in [5.41, 5.74) is -1.58. The number of ether oxygens (including phenoxy) is 1. The Morgan fingerprint density at radius 2 is 2.15 bits per heavy atom. The Labute approximate surface area is 122 Å². The molecular formula is C12H12BrFN2O4. The van der Waals surface area contributed by atoms with Gasteiger partial charge in [-0.05, 0) is 26.0 Å². The molecule has 1 fully saturated rings. The van der Waals surface area contributed by atoms with Gasteiger partial charge in [0.15, 0.2) is 0 Å². The summed E-state index contributed by atoms with van der Waals surface area (Å²) in [4.78, 5) is 23.5. The van der Waals surface area contributed by atoms with Gasteiger partial charge in [0, 0.05) is 4.47 Å². The Bertz CT molecular complexity index is 591. The van der Waals surface area contributed by atoms with E-state index in [1.807, 2.05) is 0 Å². The molecule has 0 spiro atoms. The van der Waals surface area contributed by atoms with Crippen LogP contribution in [0.5, 0.6) is 0 Å². The average molecular weight is 347 g/mol. The van der Waals surface area contributed by atoms with Crippen LogP contribution in [0.25, 0.3) is 0 Å². The minimum absolute atomic E-state index is 0.0693. The number of nitro groups is 1. The van der Waals surface area contributed by atoms with Crippen molar-refractivity contribution in [3.05, 3.63) is 32.5 Å². The normalized spacial score (nSPS) is 18.2. The molecule has 1 aliphatic heterocycles. The SMILES string of the molecule is CC1(C)COCC(=O)N1c1cc(Br)cc(F)c1[N+](=O)[O-]. The molecule has 108 valence electrons. The lowest BCUT2D eigenvalue weighted by atomic mass is 10.0. The molecule has 1 aromatic rings. The zero-order valence-corrected chi connectivity index (χ0v) is 12.4. The number of hydrogen-bond acceptors (Lipinski definition) is 4. The van der Waals surface area contributed by atoms with Crippen LogP contribution in [0.4, 0.5) is 15.8 Å². The number of nitrogens with zero attached hydrogens (tertiary/aromatic N) is 2. The van der Waals surface area contributed by atoms with Gasteiger partial charge >= 0.3 is 5.69 Å². The van der Waals surface area contributed by atoms with Crippen LogP contribution in [0, 0.1) is 15.9 Å². The molecule has 0 radical (unpaired) electrons. The molecule has 6 nitrogen and oxygen atoms in total. The fourth-order valence-electron chi connectivity index (χ4n) is 2.22. The van der Waals surface area contributed by atoms with E-state index in [9.17, 15) is 19.3 Å². The maximum Gasteiger partial charge on any atom is 0.328 e. The Morgan fingerprint density at radius 3 is 2.70 bits per heavy atom. The number of carbonyl (C=O) groups excluding carboxylic acids is 1. The molecule has 1 saturated heterocycles. The zero-order valence-electron chi connectivity index (χ0n) is 10.9. The van der Waals surface area contributed by atoms with Crippen molar-refractivity contribution in [3.63, 3.8) is 0 Å². The summed E-state index contributed by atoms with van der Waals surface area (Å²) in [6.45, 7) is 3.43. The van der Waals surface area contributed by atoms with E-state index in [2.05, 4.69) is 15.9 Å². The second-order valence-corrected chi connectivity index (χ2v) is 5.96. The molecule has 0 aromatic heterocycles. The number of amides is 1. The summed E-state index contributed by atoms with van der Waals surface area (Å²) in [7, 11) is 0. The molecule has 0 N–H and O–H groups in total. The van der Waals surface area contributed by atoms with Crippen LogP contribution in [-0.4, -0.2) is 29.6 Å². The molecule has 0 aliphatic carbocycles. The number of morpholine rings is 1. The van der Waals surface area contributed by atoms with E-state index in [-0.39, 0.29) is 18.9 Å². The summed E-state index contributed by atoms with van der Waals surface area (Å²) in [5, 5.41) is 11.1. The molecule has 0 saturated carbocycles. The summed E-state index contributed by atoms with van der Waals surface area (Å²) in [6.07, 6.45) is 0. The second kappa shape index (κ2) is 5.10. The number of anilines is 1. The van der Waals surface area contributed by atoms with Gasteiger partial charge in [-0.15, -0.1) is 0 Å². The lowest BCUT2D eigenvalue weighted by Crippen LogP contribution is -2.56. The minimum atomic E-state index is -0.991. The van der Waals surface area contributed by atoms with E-state index in [1.165, 1.54) is 11.0 Å². The van der Waals surface area contributed by atoms with Crippen molar-refractivity contribution in [2.24, 2.45) is 0 Å². The van der Waals surface area contributed by atoms with Gasteiger partial charge < -0.3 is 4.74 Å². The van der Waals surface area contributed by atoms with E-state index < -0.39 is 27.9 Å². The molecule has 0 atom stereocenters. The number of nitro benzene ring substituents is 1. The van der Waals surface area contributed by atoms with Gasteiger partial charge in [-0.1, -0.05) is 15.9 Å². The highest BCUT2D eigenvalue weighted by Crippen LogP contribution is 2.38. The molecule has 1 aromatic carbocycles. The molecule has 2 rings (SSSR count). The third-order valence-corrected chi connectivity index (χ3v) is 3.42. The first kappa shape index (κ1) is 14.9. The van der Waals surface area contributed by atoms with Crippen LogP contribution in [0.3, 0.4) is 0 Å². The first-order chi connectivity index (χ1) is 9.24. The van der Waals surface area contributed by atoms with Crippen molar-refractivity contribution in [2.45, 2.75) is 19.4 Å². The van der Waals surface area contributed by atoms with Gasteiger partial charge in [0.1, 0.15) is 12.3 Å². The van der Waals surface area contributed by atoms with E-state index in [4.69, 9.17) is 4.74 Å². The van der Waals surface area contributed by atoms with Crippen LogP contribution in [0.2, 0.25) is 0 Å². The Kier molecular flexibility index (Phi) is 3.79. The number of benzene rings is 1. The third-order valence-electron chi connectivity index (χ3n) is 2.97. The smallest absolute Gasteiger partial charge is 0.328 e. The summed E-state index contributed by atoms with van der Waals surface area (Å²) in [5.74, 6) is -1.43. The van der Waals surface area contributed by atoms with Crippen LogP contribution in [0.1, 0.15) is 13.8 Å². The number of carbonyl (C=O) groups is 1. The maximum atomic E-state index is 13.9. The Hall–Kier alpha value is -1.54. The van der Waals surface area contributed by atoms with Gasteiger partial charge in [-0.2, -0.15) is 4.39 Å². The lowest BCUT2D eigenvalue weighted by Gasteiger charge is -2.41. The first-order valence-electron chi connectivity index (χ1n) is 5.78. The largest absolute Gasteiger partial charge is 0.369 e. The predicted octanol–water partition coefficient (Wildman–Crippen LogP) is 2.64. The summed E-state index contributed by atoms with van der Waals surface area (Å²) >= 11 is 3.09. The van der Waals surface area contributed by atoms with Crippen molar-refractivity contribution in [3.8, 4) is 0 Å². The minimum Gasteiger partial charge on any atom is -0.369 e. The summed E-state index contributed by atoms with van der Waals surface area (Å²) in [6, 6.07) is 2.37. The fraction of sp³-hybridized carbons (Fsp3) is 0.417. The van der Waals surface area contributed by atoms with Crippen LogP contribution in [-0.2, 0) is 9.53 Å². The molecule has 1 amide bonds. The zero-order chi connectivity index (χ0) is 15.1. The number of hydrogen-bond donors (Lipinski definition) is 0. The van der Waals surface area contributed by atoms with Crippen molar-refractivity contribution < 1.29 is 18.8 Å². The molecule has 1 heterocycles. The Morgan fingerprint density at radius 1 is 1.50 bits per heavy atom. The predicted molar refractivity (Wildman–Crippen MR) is 73.1 cm³/mol. The molecular weight excluding hydrogens is 335 g/mol. The third kappa shape index (κ3) is 2.53. The lowest BCUT2D eigenvalue weighted by molar-refractivity contribution is -0.386. The van der Waals surface area contributed by atoms with E-state index in [0.29, 0.717) is 4.47 Å². The summed E-state index contributed by atoms with van der Waals surface area (Å²) < 4.78 is 19.3. The maximum absolute atomic E-state index is 13.9. The topological polar surface area (TPSA) is 72.7 Å². The highest BCUT2D eigenvalue weighted by atomic mass is 79.9. The van der Waals surface area contributed by atoms with Crippen LogP contribution >= 0.6 is 15.9 Å². The first-order valence-corrected chi connectivity index (χ1v) is 6.57. The number of rotatable bonds is 2.